The zero-order valence-electron chi connectivity index (χ0n) is 15.1. The van der Waals surface area contributed by atoms with Crippen molar-refractivity contribution in [2.24, 2.45) is 0 Å². The highest BCUT2D eigenvalue weighted by molar-refractivity contribution is 7.90. The van der Waals surface area contributed by atoms with Crippen LogP contribution in [0.1, 0.15) is 29.8 Å². The second kappa shape index (κ2) is 8.15. The van der Waals surface area contributed by atoms with Crippen LogP contribution in [0.2, 0.25) is 0 Å². The van der Waals surface area contributed by atoms with E-state index in [0.29, 0.717) is 25.1 Å². The lowest BCUT2D eigenvalue weighted by atomic mass is 10.1. The molecule has 0 radical (unpaired) electrons. The number of carbonyl (C=O) groups is 1. The first-order valence-electron chi connectivity index (χ1n) is 8.22. The molecule has 1 aromatic heterocycles. The van der Waals surface area contributed by atoms with Gasteiger partial charge in [0.2, 0.25) is 5.91 Å². The van der Waals surface area contributed by atoms with Crippen LogP contribution in [0.4, 0.5) is 5.69 Å². The second-order valence-electron chi connectivity index (χ2n) is 6.13. The first-order valence-corrected chi connectivity index (χ1v) is 10.1. The zero-order valence-corrected chi connectivity index (χ0v) is 15.9. The normalized spacial score (nSPS) is 11.2. The lowest BCUT2D eigenvalue weighted by Crippen LogP contribution is -2.13. The molecule has 2 aromatic rings. The van der Waals surface area contributed by atoms with Gasteiger partial charge in [-0.15, -0.1) is 0 Å². The topological polar surface area (TPSA) is 105 Å². The van der Waals surface area contributed by atoms with E-state index in [0.717, 1.165) is 23.2 Å². The number of aryl methyl sites for hydroxylation is 2. The molecule has 8 heteroatoms. The first kappa shape index (κ1) is 19.7. The summed E-state index contributed by atoms with van der Waals surface area (Å²) >= 11 is 0. The van der Waals surface area contributed by atoms with Crippen LogP contribution in [-0.2, 0) is 27.6 Å². The van der Waals surface area contributed by atoms with Gasteiger partial charge in [-0.2, -0.15) is 10.4 Å². The first-order chi connectivity index (χ1) is 12.2. The number of rotatable bonds is 7. The van der Waals surface area contributed by atoms with Gasteiger partial charge in [0.1, 0.15) is 0 Å². The smallest absolute Gasteiger partial charge is 0.224 e. The lowest BCUT2D eigenvalue weighted by Gasteiger charge is -2.07. The number of benzene rings is 1. The number of nitrogens with one attached hydrogen (secondary N) is 1. The van der Waals surface area contributed by atoms with Crippen molar-refractivity contribution in [2.45, 2.75) is 44.6 Å². The summed E-state index contributed by atoms with van der Waals surface area (Å²) in [4.78, 5) is 12.4. The van der Waals surface area contributed by atoms with Crippen LogP contribution in [0, 0.1) is 25.2 Å². The summed E-state index contributed by atoms with van der Waals surface area (Å²) in [6, 6.07) is 8.29. The maximum absolute atomic E-state index is 12.2. The maximum atomic E-state index is 12.2. The van der Waals surface area contributed by atoms with Gasteiger partial charge in [-0.1, -0.05) is 6.07 Å². The molecule has 0 aliphatic rings. The number of sulfone groups is 1. The van der Waals surface area contributed by atoms with E-state index < -0.39 is 9.84 Å². The van der Waals surface area contributed by atoms with Crippen molar-refractivity contribution in [3.63, 3.8) is 0 Å². The van der Waals surface area contributed by atoms with Gasteiger partial charge in [-0.25, -0.2) is 8.42 Å². The van der Waals surface area contributed by atoms with Gasteiger partial charge < -0.3 is 5.32 Å². The van der Waals surface area contributed by atoms with E-state index >= 15 is 0 Å². The van der Waals surface area contributed by atoms with Crippen LogP contribution in [-0.4, -0.2) is 30.4 Å². The number of carbonyl (C=O) groups excluding carboxylic acids is 1. The molecule has 1 N–H and O–H groups in total. The summed E-state index contributed by atoms with van der Waals surface area (Å²) in [5.41, 5.74) is 3.27. The Kier molecular flexibility index (Phi) is 6.16. The molecule has 26 heavy (non-hydrogen) atoms. The van der Waals surface area contributed by atoms with E-state index in [1.807, 2.05) is 13.8 Å². The number of aromatic nitrogens is 2. The Hall–Kier alpha value is -2.66. The highest BCUT2D eigenvalue weighted by Crippen LogP contribution is 2.18. The number of amides is 1. The molecule has 1 heterocycles. The summed E-state index contributed by atoms with van der Waals surface area (Å²) in [5, 5.41) is 15.8. The van der Waals surface area contributed by atoms with Crippen molar-refractivity contribution in [3.05, 3.63) is 41.2 Å². The van der Waals surface area contributed by atoms with Crippen LogP contribution in [0.3, 0.4) is 0 Å². The molecule has 138 valence electrons. The Bertz CT molecular complexity index is 955. The number of hydrogen-bond acceptors (Lipinski definition) is 5. The molecular formula is C18H22N4O3S. The molecule has 0 saturated heterocycles. The third-order valence-corrected chi connectivity index (χ3v) is 5.23. The van der Waals surface area contributed by atoms with E-state index in [-0.39, 0.29) is 17.2 Å². The zero-order chi connectivity index (χ0) is 19.3. The molecule has 0 saturated carbocycles. The predicted octanol–water partition coefficient (Wildman–Crippen LogP) is 2.39. The van der Waals surface area contributed by atoms with Crippen molar-refractivity contribution in [1.29, 1.82) is 5.26 Å². The summed E-state index contributed by atoms with van der Waals surface area (Å²) in [5.74, 6) is -0.195. The highest BCUT2D eigenvalue weighted by atomic mass is 32.2. The summed E-state index contributed by atoms with van der Waals surface area (Å²) in [7, 11) is -3.32. The molecule has 0 spiro atoms. The largest absolute Gasteiger partial charge is 0.326 e. The number of hydrogen-bond donors (Lipinski definition) is 1. The Morgan fingerprint density at radius 2 is 2.08 bits per heavy atom. The minimum atomic E-state index is -3.32. The molecule has 0 atom stereocenters. The van der Waals surface area contributed by atoms with Gasteiger partial charge in [-0.3, -0.25) is 9.48 Å². The molecule has 7 nitrogen and oxygen atoms in total. The predicted molar refractivity (Wildman–Crippen MR) is 98.4 cm³/mol. The number of nitrogens with zero attached hydrogens (tertiary/aromatic N) is 3. The fraction of sp³-hybridized carbons (Fsp3) is 0.389. The Labute approximate surface area is 153 Å². The molecule has 2 rings (SSSR count). The van der Waals surface area contributed by atoms with Gasteiger partial charge in [0.15, 0.2) is 9.84 Å². The van der Waals surface area contributed by atoms with Gasteiger partial charge in [-0.05, 0) is 44.0 Å². The van der Waals surface area contributed by atoms with E-state index in [2.05, 4.69) is 16.5 Å². The molecule has 0 unspecified atom stereocenters. The molecule has 1 aromatic carbocycles. The van der Waals surface area contributed by atoms with E-state index in [1.165, 1.54) is 12.1 Å². The van der Waals surface area contributed by atoms with Crippen molar-refractivity contribution in [3.8, 4) is 6.07 Å². The van der Waals surface area contributed by atoms with Crippen molar-refractivity contribution >= 4 is 21.4 Å². The Morgan fingerprint density at radius 1 is 1.35 bits per heavy atom. The SMILES string of the molecule is Cc1nn(CCC#N)c(C)c1CCC(=O)Nc1cccc(S(C)(=O)=O)c1. The lowest BCUT2D eigenvalue weighted by molar-refractivity contribution is -0.116. The fourth-order valence-electron chi connectivity index (χ4n) is 2.74. The Balaban J connectivity index is 2.02. The van der Waals surface area contributed by atoms with Crippen molar-refractivity contribution < 1.29 is 13.2 Å². The fourth-order valence-corrected chi connectivity index (χ4v) is 3.40. The molecule has 1 amide bonds. The third-order valence-electron chi connectivity index (χ3n) is 4.11. The molecule has 0 aliphatic carbocycles. The number of nitriles is 1. The number of anilines is 1. The van der Waals surface area contributed by atoms with E-state index in [4.69, 9.17) is 5.26 Å². The van der Waals surface area contributed by atoms with Crippen LogP contribution in [0.25, 0.3) is 0 Å². The van der Waals surface area contributed by atoms with Gasteiger partial charge in [0, 0.05) is 24.1 Å². The average molecular weight is 374 g/mol. The molecule has 0 aliphatic heterocycles. The van der Waals surface area contributed by atoms with Crippen LogP contribution < -0.4 is 5.32 Å². The molecule has 0 fully saturated rings. The van der Waals surface area contributed by atoms with Gasteiger partial charge >= 0.3 is 0 Å². The highest BCUT2D eigenvalue weighted by Gasteiger charge is 2.14. The van der Waals surface area contributed by atoms with Crippen LogP contribution in [0.15, 0.2) is 29.2 Å². The third kappa shape index (κ3) is 4.92. The summed E-state index contributed by atoms with van der Waals surface area (Å²) in [6.07, 6.45) is 2.30. The Morgan fingerprint density at radius 3 is 2.73 bits per heavy atom. The molecule has 0 bridgehead atoms. The minimum Gasteiger partial charge on any atom is -0.326 e. The van der Waals surface area contributed by atoms with Crippen LogP contribution in [0.5, 0.6) is 0 Å². The summed E-state index contributed by atoms with van der Waals surface area (Å²) in [6.45, 7) is 4.35. The van der Waals surface area contributed by atoms with E-state index in [1.54, 1.807) is 16.8 Å². The standard InChI is InChI=1S/C18H22N4O3S/c1-13-17(14(2)22(21-13)11-5-10-19)8-9-18(23)20-15-6-4-7-16(12-15)26(3,24)25/h4,6-7,12H,5,8-9,11H2,1-3H3,(H,20,23). The molecular weight excluding hydrogens is 352 g/mol. The van der Waals surface area contributed by atoms with Crippen LogP contribution >= 0.6 is 0 Å². The quantitative estimate of drug-likeness (QED) is 0.801. The maximum Gasteiger partial charge on any atom is 0.224 e. The summed E-state index contributed by atoms with van der Waals surface area (Å²) < 4.78 is 25.0. The average Bonchev–Trinajstić information content (AvgIpc) is 2.84. The van der Waals surface area contributed by atoms with Gasteiger partial charge in [0.05, 0.1) is 29.6 Å². The monoisotopic (exact) mass is 374 g/mol. The van der Waals surface area contributed by atoms with Crippen molar-refractivity contribution in [1.82, 2.24) is 9.78 Å². The minimum absolute atomic E-state index is 0.167. The van der Waals surface area contributed by atoms with Crippen molar-refractivity contribution in [2.75, 3.05) is 11.6 Å². The second-order valence-corrected chi connectivity index (χ2v) is 8.14. The van der Waals surface area contributed by atoms with E-state index in [9.17, 15) is 13.2 Å². The van der Waals surface area contributed by atoms with Gasteiger partial charge in [0.25, 0.3) is 0 Å².